The van der Waals surface area contributed by atoms with Crippen LogP contribution >= 0.6 is 15.9 Å². The van der Waals surface area contributed by atoms with Crippen LogP contribution in [0.25, 0.3) is 11.4 Å². The van der Waals surface area contributed by atoms with Crippen molar-refractivity contribution in [1.82, 2.24) is 15.0 Å². The fourth-order valence-electron chi connectivity index (χ4n) is 2.77. The number of aromatic nitrogens is 2. The number of hydrogen-bond donors (Lipinski definition) is 0. The van der Waals surface area contributed by atoms with Crippen LogP contribution in [0.15, 0.2) is 51.5 Å². The summed E-state index contributed by atoms with van der Waals surface area (Å²) in [5.41, 5.74) is 1.73. The Kier molecular flexibility index (Phi) is 7.16. The van der Waals surface area contributed by atoms with E-state index >= 15 is 0 Å². The van der Waals surface area contributed by atoms with Gasteiger partial charge in [0.2, 0.25) is 11.7 Å². The summed E-state index contributed by atoms with van der Waals surface area (Å²) in [6, 6.07) is 12.5. The maximum absolute atomic E-state index is 12.5. The van der Waals surface area contributed by atoms with Gasteiger partial charge in [0.25, 0.3) is 0 Å². The summed E-state index contributed by atoms with van der Waals surface area (Å²) < 4.78 is 41.3. The first kappa shape index (κ1) is 21.2. The molecule has 0 aliphatic heterocycles. The zero-order valence-corrected chi connectivity index (χ0v) is 17.5. The van der Waals surface area contributed by atoms with E-state index in [1.807, 2.05) is 36.2 Å². The summed E-state index contributed by atoms with van der Waals surface area (Å²) in [6.07, 6.45) is 0. The minimum atomic E-state index is -2.90. The van der Waals surface area contributed by atoms with E-state index in [2.05, 4.69) is 30.8 Å². The number of benzene rings is 2. The van der Waals surface area contributed by atoms with Gasteiger partial charge in [-0.3, -0.25) is 4.90 Å². The van der Waals surface area contributed by atoms with Gasteiger partial charge in [0.05, 0.1) is 13.2 Å². The molecular weight excluding hydrogens is 448 g/mol. The summed E-state index contributed by atoms with van der Waals surface area (Å²) in [7, 11) is 1.90. The topological polar surface area (TPSA) is 60.6 Å². The van der Waals surface area contributed by atoms with E-state index in [1.54, 1.807) is 19.1 Å². The fraction of sp³-hybridized carbons (Fsp3) is 0.300. The van der Waals surface area contributed by atoms with E-state index in [9.17, 15) is 8.78 Å². The maximum Gasteiger partial charge on any atom is 0.387 e. The van der Waals surface area contributed by atoms with Crippen molar-refractivity contribution < 1.29 is 22.8 Å². The van der Waals surface area contributed by atoms with E-state index in [-0.39, 0.29) is 11.5 Å². The minimum absolute atomic E-state index is 0.0174. The monoisotopic (exact) mass is 467 g/mol. The lowest BCUT2D eigenvalue weighted by molar-refractivity contribution is -0.0514. The first-order valence-corrected chi connectivity index (χ1v) is 9.71. The van der Waals surface area contributed by atoms with Crippen LogP contribution < -0.4 is 9.47 Å². The Morgan fingerprint density at radius 2 is 1.97 bits per heavy atom. The molecule has 1 aromatic heterocycles. The number of alkyl halides is 2. The van der Waals surface area contributed by atoms with Gasteiger partial charge in [-0.25, -0.2) is 0 Å². The van der Waals surface area contributed by atoms with E-state index < -0.39 is 6.61 Å². The van der Waals surface area contributed by atoms with E-state index in [0.29, 0.717) is 31.4 Å². The van der Waals surface area contributed by atoms with Crippen LogP contribution in [0.4, 0.5) is 8.78 Å². The van der Waals surface area contributed by atoms with E-state index in [4.69, 9.17) is 9.26 Å². The third-order valence-corrected chi connectivity index (χ3v) is 4.43. The van der Waals surface area contributed by atoms with Crippen molar-refractivity contribution in [2.75, 3.05) is 13.7 Å². The standard InChI is InChI=1S/C20H20BrF2N3O3/c1-3-27-17-9-13(7-8-16(17)28-20(22)23)11-26(2)12-18-24-19(25-29-18)14-5-4-6-15(21)10-14/h4-10,20H,3,11-12H2,1-2H3. The van der Waals surface area contributed by atoms with Gasteiger partial charge in [-0.15, -0.1) is 0 Å². The Labute approximate surface area is 175 Å². The first-order chi connectivity index (χ1) is 13.9. The van der Waals surface area contributed by atoms with Crippen LogP contribution in [0.1, 0.15) is 18.4 Å². The molecule has 0 N–H and O–H groups in total. The van der Waals surface area contributed by atoms with Crippen LogP contribution in [0.2, 0.25) is 0 Å². The lowest BCUT2D eigenvalue weighted by Gasteiger charge is -2.16. The summed E-state index contributed by atoms with van der Waals surface area (Å²) in [6.45, 7) is 0.187. The molecule has 3 rings (SSSR count). The average molecular weight is 468 g/mol. The van der Waals surface area contributed by atoms with Crippen molar-refractivity contribution in [3.8, 4) is 22.9 Å². The predicted molar refractivity (Wildman–Crippen MR) is 107 cm³/mol. The van der Waals surface area contributed by atoms with Gasteiger partial charge in [0.1, 0.15) is 0 Å². The highest BCUT2D eigenvalue weighted by Crippen LogP contribution is 2.30. The van der Waals surface area contributed by atoms with Gasteiger partial charge in [-0.05, 0) is 43.8 Å². The molecule has 9 heteroatoms. The van der Waals surface area contributed by atoms with Crippen molar-refractivity contribution in [2.45, 2.75) is 26.6 Å². The molecule has 0 spiro atoms. The number of halogens is 3. The van der Waals surface area contributed by atoms with Crippen molar-refractivity contribution in [2.24, 2.45) is 0 Å². The molecule has 0 amide bonds. The molecule has 1 heterocycles. The molecule has 0 radical (unpaired) electrons. The van der Waals surface area contributed by atoms with Gasteiger partial charge < -0.3 is 14.0 Å². The summed E-state index contributed by atoms with van der Waals surface area (Å²) in [4.78, 5) is 6.40. The highest BCUT2D eigenvalue weighted by molar-refractivity contribution is 9.10. The molecule has 0 unspecified atom stereocenters. The summed E-state index contributed by atoms with van der Waals surface area (Å²) >= 11 is 3.42. The number of ether oxygens (including phenoxy) is 2. The Balaban J connectivity index is 1.66. The number of nitrogens with zero attached hydrogens (tertiary/aromatic N) is 3. The van der Waals surface area contributed by atoms with Crippen LogP contribution in [0.5, 0.6) is 11.5 Å². The Morgan fingerprint density at radius 3 is 2.69 bits per heavy atom. The van der Waals surface area contributed by atoms with Crippen molar-refractivity contribution in [3.63, 3.8) is 0 Å². The van der Waals surface area contributed by atoms with Gasteiger partial charge in [0, 0.05) is 16.6 Å². The van der Waals surface area contributed by atoms with Crippen LogP contribution in [0, 0.1) is 0 Å². The van der Waals surface area contributed by atoms with E-state index in [0.717, 1.165) is 15.6 Å². The highest BCUT2D eigenvalue weighted by atomic mass is 79.9. The third-order valence-electron chi connectivity index (χ3n) is 3.93. The second-order valence-electron chi connectivity index (χ2n) is 6.29. The molecule has 29 heavy (non-hydrogen) atoms. The summed E-state index contributed by atoms with van der Waals surface area (Å²) in [5.74, 6) is 1.30. The SMILES string of the molecule is CCOc1cc(CN(C)Cc2nc(-c3cccc(Br)c3)no2)ccc1OC(F)F. The number of rotatable bonds is 9. The largest absolute Gasteiger partial charge is 0.490 e. The molecule has 0 saturated carbocycles. The Morgan fingerprint density at radius 1 is 1.14 bits per heavy atom. The van der Waals surface area contributed by atoms with Gasteiger partial charge in [0.15, 0.2) is 11.5 Å². The average Bonchev–Trinajstić information content (AvgIpc) is 3.12. The van der Waals surface area contributed by atoms with Crippen molar-refractivity contribution in [3.05, 3.63) is 58.4 Å². The third kappa shape index (κ3) is 5.98. The molecule has 0 atom stereocenters. The minimum Gasteiger partial charge on any atom is -0.490 e. The number of hydrogen-bond acceptors (Lipinski definition) is 6. The smallest absolute Gasteiger partial charge is 0.387 e. The van der Waals surface area contributed by atoms with Crippen LogP contribution in [-0.4, -0.2) is 35.3 Å². The van der Waals surface area contributed by atoms with Gasteiger partial charge in [-0.1, -0.05) is 39.3 Å². The molecule has 0 fully saturated rings. The highest BCUT2D eigenvalue weighted by Gasteiger charge is 2.14. The second-order valence-corrected chi connectivity index (χ2v) is 7.20. The van der Waals surface area contributed by atoms with Crippen molar-refractivity contribution in [1.29, 1.82) is 0 Å². The first-order valence-electron chi connectivity index (χ1n) is 8.92. The van der Waals surface area contributed by atoms with Crippen molar-refractivity contribution >= 4 is 15.9 Å². The maximum atomic E-state index is 12.5. The molecule has 2 aromatic carbocycles. The van der Waals surface area contributed by atoms with E-state index in [1.165, 1.54) is 6.07 Å². The molecule has 0 aliphatic rings. The van der Waals surface area contributed by atoms with Crippen LogP contribution in [-0.2, 0) is 13.1 Å². The lowest BCUT2D eigenvalue weighted by Crippen LogP contribution is -2.17. The molecule has 154 valence electrons. The Hall–Kier alpha value is -2.52. The molecular formula is C20H20BrF2N3O3. The molecule has 6 nitrogen and oxygen atoms in total. The lowest BCUT2D eigenvalue weighted by atomic mass is 10.2. The Bertz CT molecular complexity index is 952. The molecule has 3 aromatic rings. The zero-order chi connectivity index (χ0) is 20.8. The van der Waals surface area contributed by atoms with Crippen LogP contribution in [0.3, 0.4) is 0 Å². The zero-order valence-electron chi connectivity index (χ0n) is 15.9. The second kappa shape index (κ2) is 9.80. The molecule has 0 aliphatic carbocycles. The fourth-order valence-corrected chi connectivity index (χ4v) is 3.17. The van der Waals surface area contributed by atoms with Gasteiger partial charge >= 0.3 is 6.61 Å². The normalized spacial score (nSPS) is 11.3. The molecule has 0 saturated heterocycles. The predicted octanol–water partition coefficient (Wildman–Crippen LogP) is 5.13. The quantitative estimate of drug-likeness (QED) is 0.434. The van der Waals surface area contributed by atoms with Gasteiger partial charge in [-0.2, -0.15) is 13.8 Å². The summed E-state index contributed by atoms with van der Waals surface area (Å²) in [5, 5.41) is 4.02. The molecule has 0 bridgehead atoms.